The number of hydrogen-bond donors (Lipinski definition) is 1. The summed E-state index contributed by atoms with van der Waals surface area (Å²) in [5, 5.41) is 8.98. The molecule has 5 heteroatoms. The van der Waals surface area contributed by atoms with Gasteiger partial charge in [-0.1, -0.05) is 6.92 Å². The molecule has 1 heterocycles. The largest absolute Gasteiger partial charge is 0.478 e. The maximum Gasteiger partial charge on any atom is 0.337 e. The highest BCUT2D eigenvalue weighted by atomic mass is 32.2. The first kappa shape index (κ1) is 14.8. The van der Waals surface area contributed by atoms with Gasteiger partial charge < -0.3 is 10.0 Å². The lowest BCUT2D eigenvalue weighted by molar-refractivity contribution is 0.0695. The molecule has 1 atom stereocenters. The Kier molecular flexibility index (Phi) is 5.47. The van der Waals surface area contributed by atoms with Crippen molar-refractivity contribution in [3.8, 4) is 0 Å². The molecule has 0 bridgehead atoms. The first-order valence-electron chi connectivity index (χ1n) is 5.94. The van der Waals surface area contributed by atoms with E-state index in [1.54, 1.807) is 30.8 Å². The first-order chi connectivity index (χ1) is 8.51. The predicted octanol–water partition coefficient (Wildman–Crippen LogP) is 2.67. The van der Waals surface area contributed by atoms with Crippen molar-refractivity contribution in [2.75, 3.05) is 24.0 Å². The molecule has 0 radical (unpaired) electrons. The summed E-state index contributed by atoms with van der Waals surface area (Å²) in [6, 6.07) is 3.82. The van der Waals surface area contributed by atoms with Crippen LogP contribution >= 0.6 is 11.8 Å². The van der Waals surface area contributed by atoms with Gasteiger partial charge in [0.25, 0.3) is 0 Å². The number of aromatic carboxylic acids is 1. The minimum Gasteiger partial charge on any atom is -0.478 e. The maximum absolute atomic E-state index is 10.9. The topological polar surface area (TPSA) is 53.4 Å². The van der Waals surface area contributed by atoms with E-state index in [1.165, 1.54) is 0 Å². The molecule has 18 heavy (non-hydrogen) atoms. The number of carboxylic acid groups (broad SMARTS) is 1. The van der Waals surface area contributed by atoms with E-state index >= 15 is 0 Å². The van der Waals surface area contributed by atoms with Crippen LogP contribution in [0.2, 0.25) is 0 Å². The van der Waals surface area contributed by atoms with Gasteiger partial charge in [0.05, 0.1) is 11.3 Å². The summed E-state index contributed by atoms with van der Waals surface area (Å²) in [6.07, 6.45) is 3.13. The summed E-state index contributed by atoms with van der Waals surface area (Å²) >= 11 is 1.81. The quantitative estimate of drug-likeness (QED) is 0.859. The Hall–Kier alpha value is -1.23. The van der Waals surface area contributed by atoms with Gasteiger partial charge in [-0.25, -0.2) is 9.78 Å². The van der Waals surface area contributed by atoms with E-state index in [-0.39, 0.29) is 5.56 Å². The Bertz CT molecular complexity index is 423. The number of aryl methyl sites for hydroxylation is 1. The van der Waals surface area contributed by atoms with E-state index in [1.807, 2.05) is 7.05 Å². The minimum absolute atomic E-state index is 0.269. The number of thioether (sulfide) groups is 1. The lowest BCUT2D eigenvalue weighted by Crippen LogP contribution is -2.33. The summed E-state index contributed by atoms with van der Waals surface area (Å²) in [4.78, 5) is 17.4. The molecule has 100 valence electrons. The Morgan fingerprint density at radius 1 is 1.56 bits per heavy atom. The van der Waals surface area contributed by atoms with E-state index in [0.717, 1.165) is 18.0 Å². The van der Waals surface area contributed by atoms with E-state index in [2.05, 4.69) is 23.1 Å². The summed E-state index contributed by atoms with van der Waals surface area (Å²) in [5.41, 5.74) is 0.830. The van der Waals surface area contributed by atoms with Crippen molar-refractivity contribution < 1.29 is 9.90 Å². The van der Waals surface area contributed by atoms with Crippen LogP contribution in [0.1, 0.15) is 29.4 Å². The zero-order valence-corrected chi connectivity index (χ0v) is 12.1. The molecule has 0 saturated carbocycles. The summed E-state index contributed by atoms with van der Waals surface area (Å²) in [6.45, 7) is 3.88. The molecule has 1 N–H and O–H groups in total. The molecule has 0 fully saturated rings. The first-order valence-corrected chi connectivity index (χ1v) is 7.33. The smallest absolute Gasteiger partial charge is 0.337 e. The zero-order valence-electron chi connectivity index (χ0n) is 11.3. The zero-order chi connectivity index (χ0) is 13.7. The van der Waals surface area contributed by atoms with Gasteiger partial charge in [0.1, 0.15) is 5.82 Å². The van der Waals surface area contributed by atoms with Crippen LogP contribution in [0.25, 0.3) is 0 Å². The number of anilines is 1. The van der Waals surface area contributed by atoms with Gasteiger partial charge in [-0.15, -0.1) is 0 Å². The second-order valence-electron chi connectivity index (χ2n) is 4.24. The van der Waals surface area contributed by atoms with Crippen molar-refractivity contribution in [3.63, 3.8) is 0 Å². The van der Waals surface area contributed by atoms with Crippen LogP contribution in [-0.4, -0.2) is 41.2 Å². The highest BCUT2D eigenvalue weighted by molar-refractivity contribution is 7.98. The fourth-order valence-corrected chi connectivity index (χ4v) is 2.70. The van der Waals surface area contributed by atoms with Crippen LogP contribution in [0, 0.1) is 6.92 Å². The third-order valence-electron chi connectivity index (χ3n) is 3.04. The normalized spacial score (nSPS) is 12.2. The number of carbonyl (C=O) groups is 1. The fourth-order valence-electron chi connectivity index (χ4n) is 1.85. The van der Waals surface area contributed by atoms with Gasteiger partial charge >= 0.3 is 5.97 Å². The van der Waals surface area contributed by atoms with Crippen molar-refractivity contribution >= 4 is 23.5 Å². The second kappa shape index (κ2) is 6.64. The second-order valence-corrected chi connectivity index (χ2v) is 5.15. The van der Waals surface area contributed by atoms with Gasteiger partial charge in [0.15, 0.2) is 0 Å². The number of aromatic nitrogens is 1. The van der Waals surface area contributed by atoms with Crippen molar-refractivity contribution in [1.29, 1.82) is 0 Å². The van der Waals surface area contributed by atoms with Crippen LogP contribution in [0.5, 0.6) is 0 Å². The molecule has 1 unspecified atom stereocenters. The predicted molar refractivity (Wildman–Crippen MR) is 76.8 cm³/mol. The molecule has 0 saturated heterocycles. The average molecular weight is 268 g/mol. The molecular formula is C13H20N2O2S. The Morgan fingerprint density at radius 3 is 2.67 bits per heavy atom. The molecule has 0 amide bonds. The van der Waals surface area contributed by atoms with E-state index < -0.39 is 5.97 Å². The third kappa shape index (κ3) is 3.38. The van der Waals surface area contributed by atoms with E-state index in [9.17, 15) is 4.79 Å². The van der Waals surface area contributed by atoms with E-state index in [4.69, 9.17) is 5.11 Å². The SMILES string of the molecule is CCC(CSC)N(C)c1ccc(C(=O)O)c(C)n1. The van der Waals surface area contributed by atoms with E-state index in [0.29, 0.717) is 11.7 Å². The molecule has 1 aromatic heterocycles. The molecule has 1 rings (SSSR count). The maximum atomic E-state index is 10.9. The van der Waals surface area contributed by atoms with Crippen LogP contribution < -0.4 is 4.90 Å². The molecule has 0 aliphatic carbocycles. The van der Waals surface area contributed by atoms with Gasteiger partial charge in [-0.3, -0.25) is 0 Å². The fraction of sp³-hybridized carbons (Fsp3) is 0.538. The summed E-state index contributed by atoms with van der Waals surface area (Å²) in [7, 11) is 2.01. The molecular weight excluding hydrogens is 248 g/mol. The molecule has 0 aliphatic rings. The van der Waals surface area contributed by atoms with Crippen LogP contribution in [0.3, 0.4) is 0 Å². The number of nitrogens with zero attached hydrogens (tertiary/aromatic N) is 2. The number of hydrogen-bond acceptors (Lipinski definition) is 4. The van der Waals surface area contributed by atoms with Crippen LogP contribution in [0.4, 0.5) is 5.82 Å². The van der Waals surface area contributed by atoms with Gasteiger partial charge in [0, 0.05) is 18.8 Å². The molecule has 1 aromatic rings. The monoisotopic (exact) mass is 268 g/mol. The van der Waals surface area contributed by atoms with Crippen LogP contribution in [0.15, 0.2) is 12.1 Å². The molecule has 0 aliphatic heterocycles. The Labute approximate surface area is 112 Å². The van der Waals surface area contributed by atoms with Gasteiger partial charge in [-0.2, -0.15) is 11.8 Å². The van der Waals surface area contributed by atoms with Gasteiger partial charge in [0.2, 0.25) is 0 Å². The summed E-state index contributed by atoms with van der Waals surface area (Å²) in [5.74, 6) is 0.942. The van der Waals surface area contributed by atoms with Crippen molar-refractivity contribution in [2.45, 2.75) is 26.3 Å². The van der Waals surface area contributed by atoms with Crippen LogP contribution in [-0.2, 0) is 0 Å². The minimum atomic E-state index is -0.926. The lowest BCUT2D eigenvalue weighted by atomic mass is 10.2. The Balaban J connectivity index is 2.96. The number of pyridine rings is 1. The number of rotatable bonds is 6. The molecule has 4 nitrogen and oxygen atoms in total. The Morgan fingerprint density at radius 2 is 2.22 bits per heavy atom. The molecule has 0 aromatic carbocycles. The highest BCUT2D eigenvalue weighted by Gasteiger charge is 2.16. The molecule has 0 spiro atoms. The van der Waals surface area contributed by atoms with Crippen molar-refractivity contribution in [1.82, 2.24) is 4.98 Å². The summed E-state index contributed by atoms with van der Waals surface area (Å²) < 4.78 is 0. The third-order valence-corrected chi connectivity index (χ3v) is 3.76. The highest BCUT2D eigenvalue weighted by Crippen LogP contribution is 2.18. The van der Waals surface area contributed by atoms with Crippen molar-refractivity contribution in [2.24, 2.45) is 0 Å². The average Bonchev–Trinajstić information content (AvgIpc) is 2.34. The lowest BCUT2D eigenvalue weighted by Gasteiger charge is -2.28. The number of carboxylic acids is 1. The van der Waals surface area contributed by atoms with Gasteiger partial charge in [-0.05, 0) is 31.7 Å². The standard InChI is InChI=1S/C13H20N2O2S/c1-5-10(8-18-4)15(3)12-7-6-11(13(16)17)9(2)14-12/h6-7,10H,5,8H2,1-4H3,(H,16,17). The van der Waals surface area contributed by atoms with Crippen molar-refractivity contribution in [3.05, 3.63) is 23.4 Å².